The van der Waals surface area contributed by atoms with E-state index in [-0.39, 0.29) is 41.7 Å². The summed E-state index contributed by atoms with van der Waals surface area (Å²) in [5.41, 5.74) is 1.11. The standard InChI is InChI=1S/C25H25F2N5O4/c1-15(33)30-14-17-5-3-4-16(23(26)27)12-21(17)32-25(35)31-18-6-8-19(9-7-18)36-20-10-11-29-22(13-20)24(34)28-2/h3,5-13,23H,4,14H2,1-2H3,(H,28,34)(H,30,33)(H2,31,32,35). The van der Waals surface area contributed by atoms with Crippen LogP contribution >= 0.6 is 0 Å². The van der Waals surface area contributed by atoms with Gasteiger partial charge in [0, 0.05) is 49.7 Å². The highest BCUT2D eigenvalue weighted by Crippen LogP contribution is 2.24. The van der Waals surface area contributed by atoms with Gasteiger partial charge >= 0.3 is 6.03 Å². The summed E-state index contributed by atoms with van der Waals surface area (Å²) in [6, 6.07) is 8.85. The Bertz CT molecular complexity index is 1220. The molecule has 1 aromatic carbocycles. The lowest BCUT2D eigenvalue weighted by Crippen LogP contribution is -2.30. The molecule has 188 valence electrons. The number of aromatic nitrogens is 1. The molecule has 0 bridgehead atoms. The third-order valence-electron chi connectivity index (χ3n) is 4.94. The molecule has 0 atom stereocenters. The normalized spacial score (nSPS) is 13.0. The topological polar surface area (TPSA) is 121 Å². The van der Waals surface area contributed by atoms with Gasteiger partial charge in [-0.1, -0.05) is 12.2 Å². The van der Waals surface area contributed by atoms with Crippen molar-refractivity contribution in [3.8, 4) is 11.5 Å². The number of nitrogens with zero attached hydrogens (tertiary/aromatic N) is 1. The van der Waals surface area contributed by atoms with E-state index in [1.54, 1.807) is 42.5 Å². The van der Waals surface area contributed by atoms with Gasteiger partial charge in [0.2, 0.25) is 5.91 Å². The third kappa shape index (κ3) is 7.49. The molecule has 11 heteroatoms. The number of allylic oxidation sites excluding steroid dienone is 3. The number of anilines is 1. The predicted octanol–water partition coefficient (Wildman–Crippen LogP) is 3.90. The van der Waals surface area contributed by atoms with Gasteiger partial charge in [0.1, 0.15) is 17.2 Å². The lowest BCUT2D eigenvalue weighted by atomic mass is 10.1. The highest BCUT2D eigenvalue weighted by molar-refractivity contribution is 5.92. The van der Waals surface area contributed by atoms with Crippen molar-refractivity contribution in [2.45, 2.75) is 19.8 Å². The summed E-state index contributed by atoms with van der Waals surface area (Å²) in [7, 11) is 1.50. The zero-order chi connectivity index (χ0) is 26.1. The van der Waals surface area contributed by atoms with Crippen molar-refractivity contribution in [3.63, 3.8) is 0 Å². The minimum atomic E-state index is -2.69. The summed E-state index contributed by atoms with van der Waals surface area (Å²) in [5, 5.41) is 10.3. The van der Waals surface area contributed by atoms with Crippen LogP contribution in [0.3, 0.4) is 0 Å². The van der Waals surface area contributed by atoms with Crippen molar-refractivity contribution >= 4 is 23.5 Å². The number of carbonyl (C=O) groups is 3. The molecular formula is C25H25F2N5O4. The SMILES string of the molecule is CNC(=O)c1cc(Oc2ccc(NC(=O)NC3=C(CNC(C)=O)C=CCC(C(F)F)=C3)cc2)ccn1. The van der Waals surface area contributed by atoms with Gasteiger partial charge in [0.25, 0.3) is 12.3 Å². The third-order valence-corrected chi connectivity index (χ3v) is 4.94. The zero-order valence-electron chi connectivity index (χ0n) is 19.6. The predicted molar refractivity (Wildman–Crippen MR) is 130 cm³/mol. The molecule has 0 saturated heterocycles. The molecule has 0 radical (unpaired) electrons. The number of carbonyl (C=O) groups excluding carboxylic acids is 3. The van der Waals surface area contributed by atoms with Crippen molar-refractivity contribution in [1.29, 1.82) is 0 Å². The fourth-order valence-electron chi connectivity index (χ4n) is 3.16. The molecule has 3 rings (SSSR count). The Morgan fingerprint density at radius 2 is 1.83 bits per heavy atom. The number of amides is 4. The number of nitrogens with one attached hydrogen (secondary N) is 4. The van der Waals surface area contributed by atoms with Gasteiger partial charge < -0.3 is 26.0 Å². The van der Waals surface area contributed by atoms with E-state index in [0.717, 1.165) is 0 Å². The van der Waals surface area contributed by atoms with E-state index in [4.69, 9.17) is 4.74 Å². The molecule has 4 N–H and O–H groups in total. The van der Waals surface area contributed by atoms with Crippen LogP contribution in [0.4, 0.5) is 19.3 Å². The summed E-state index contributed by atoms with van der Waals surface area (Å²) >= 11 is 0. The Hall–Kier alpha value is -4.54. The van der Waals surface area contributed by atoms with Crippen LogP contribution in [-0.4, -0.2) is 42.8 Å². The first-order valence-electron chi connectivity index (χ1n) is 10.9. The molecule has 0 fully saturated rings. The number of hydrogen-bond acceptors (Lipinski definition) is 5. The molecule has 0 aliphatic heterocycles. The highest BCUT2D eigenvalue weighted by Gasteiger charge is 2.17. The van der Waals surface area contributed by atoms with Gasteiger partial charge in [0.05, 0.1) is 0 Å². The van der Waals surface area contributed by atoms with E-state index in [1.165, 1.54) is 32.3 Å². The summed E-state index contributed by atoms with van der Waals surface area (Å²) < 4.78 is 32.4. The number of halogens is 2. The van der Waals surface area contributed by atoms with E-state index in [1.807, 2.05) is 0 Å². The van der Waals surface area contributed by atoms with Crippen molar-refractivity contribution in [2.24, 2.45) is 0 Å². The molecular weight excluding hydrogens is 472 g/mol. The minimum absolute atomic E-state index is 0.0254. The molecule has 36 heavy (non-hydrogen) atoms. The number of alkyl halides is 2. The summed E-state index contributed by atoms with van der Waals surface area (Å²) in [5.74, 6) is 0.222. The van der Waals surface area contributed by atoms with Crippen molar-refractivity contribution in [1.82, 2.24) is 20.9 Å². The molecule has 0 spiro atoms. The van der Waals surface area contributed by atoms with Crippen LogP contribution in [0.25, 0.3) is 0 Å². The minimum Gasteiger partial charge on any atom is -0.457 e. The molecule has 1 heterocycles. The van der Waals surface area contributed by atoms with Crippen LogP contribution < -0.4 is 26.0 Å². The van der Waals surface area contributed by atoms with E-state index >= 15 is 0 Å². The Morgan fingerprint density at radius 3 is 2.50 bits per heavy atom. The molecule has 1 aliphatic rings. The molecule has 1 aromatic heterocycles. The van der Waals surface area contributed by atoms with E-state index in [0.29, 0.717) is 22.8 Å². The quantitative estimate of drug-likeness (QED) is 0.441. The number of pyridine rings is 1. The summed E-state index contributed by atoms with van der Waals surface area (Å²) in [6.45, 7) is 1.40. The van der Waals surface area contributed by atoms with Gasteiger partial charge in [-0.05, 0) is 48.4 Å². The average Bonchev–Trinajstić information content (AvgIpc) is 3.05. The van der Waals surface area contributed by atoms with Crippen molar-refractivity contribution in [3.05, 3.63) is 83.4 Å². The first-order valence-corrected chi connectivity index (χ1v) is 10.9. The second-order valence-corrected chi connectivity index (χ2v) is 7.64. The van der Waals surface area contributed by atoms with E-state index < -0.39 is 12.5 Å². The smallest absolute Gasteiger partial charge is 0.323 e. The number of urea groups is 1. The maximum absolute atomic E-state index is 13.3. The Kier molecular flexibility index (Phi) is 8.87. The first-order chi connectivity index (χ1) is 17.2. The number of rotatable bonds is 8. The largest absolute Gasteiger partial charge is 0.457 e. The fraction of sp³-hybridized carbons (Fsp3) is 0.200. The molecule has 9 nitrogen and oxygen atoms in total. The van der Waals surface area contributed by atoms with Crippen LogP contribution in [0.2, 0.25) is 0 Å². The Balaban J connectivity index is 1.69. The van der Waals surface area contributed by atoms with E-state index in [2.05, 4.69) is 26.3 Å². The Morgan fingerprint density at radius 1 is 1.08 bits per heavy atom. The second kappa shape index (κ2) is 12.2. The lowest BCUT2D eigenvalue weighted by molar-refractivity contribution is -0.118. The van der Waals surface area contributed by atoms with Crippen LogP contribution in [0, 0.1) is 0 Å². The van der Waals surface area contributed by atoms with Crippen LogP contribution in [0.5, 0.6) is 11.5 Å². The molecule has 1 aliphatic carbocycles. The molecule has 0 unspecified atom stereocenters. The van der Waals surface area contributed by atoms with Gasteiger partial charge in [-0.3, -0.25) is 14.6 Å². The maximum Gasteiger partial charge on any atom is 0.323 e. The van der Waals surface area contributed by atoms with Crippen LogP contribution in [0.1, 0.15) is 23.8 Å². The molecule has 4 amide bonds. The van der Waals surface area contributed by atoms with E-state index in [9.17, 15) is 23.2 Å². The average molecular weight is 498 g/mol. The maximum atomic E-state index is 13.3. The monoisotopic (exact) mass is 497 g/mol. The van der Waals surface area contributed by atoms with Crippen LogP contribution in [-0.2, 0) is 4.79 Å². The van der Waals surface area contributed by atoms with Gasteiger partial charge in [-0.25, -0.2) is 13.6 Å². The summed E-state index contributed by atoms with van der Waals surface area (Å²) in [6.07, 6.45) is 3.16. The van der Waals surface area contributed by atoms with Gasteiger partial charge in [0.15, 0.2) is 0 Å². The zero-order valence-corrected chi connectivity index (χ0v) is 19.6. The number of hydrogen-bond donors (Lipinski definition) is 4. The van der Waals surface area contributed by atoms with Crippen molar-refractivity contribution < 1.29 is 27.9 Å². The number of benzene rings is 1. The van der Waals surface area contributed by atoms with Gasteiger partial charge in [-0.2, -0.15) is 0 Å². The van der Waals surface area contributed by atoms with Crippen LogP contribution in [0.15, 0.2) is 77.7 Å². The highest BCUT2D eigenvalue weighted by atomic mass is 19.3. The first kappa shape index (κ1) is 26.1. The lowest BCUT2D eigenvalue weighted by Gasteiger charge is -2.14. The molecule has 0 saturated carbocycles. The molecule has 2 aromatic rings. The number of ether oxygens (including phenoxy) is 1. The Labute approximate surface area is 206 Å². The second-order valence-electron chi connectivity index (χ2n) is 7.64. The van der Waals surface area contributed by atoms with Gasteiger partial charge in [-0.15, -0.1) is 0 Å². The summed E-state index contributed by atoms with van der Waals surface area (Å²) in [4.78, 5) is 39.6. The van der Waals surface area contributed by atoms with Crippen molar-refractivity contribution in [2.75, 3.05) is 18.9 Å². The fourth-order valence-corrected chi connectivity index (χ4v) is 3.16.